The van der Waals surface area contributed by atoms with E-state index >= 15 is 0 Å². The maximum Gasteiger partial charge on any atom is 0.110 e. The number of anilines is 2. The van der Waals surface area contributed by atoms with Crippen LogP contribution in [0.5, 0.6) is 0 Å². The smallest absolute Gasteiger partial charge is 0.110 e. The lowest BCUT2D eigenvalue weighted by molar-refractivity contribution is 0.443. The fourth-order valence-electron chi connectivity index (χ4n) is 4.83. The molecule has 1 atom stereocenters. The van der Waals surface area contributed by atoms with Crippen LogP contribution in [0.1, 0.15) is 73.1 Å². The van der Waals surface area contributed by atoms with Crippen molar-refractivity contribution in [2.75, 3.05) is 17.2 Å². The van der Waals surface area contributed by atoms with Gasteiger partial charge in [-0.2, -0.15) is 10.5 Å². The molecule has 0 spiro atoms. The van der Waals surface area contributed by atoms with Crippen molar-refractivity contribution in [3.05, 3.63) is 70.1 Å². The Morgan fingerprint density at radius 3 is 2.67 bits per heavy atom. The van der Waals surface area contributed by atoms with Gasteiger partial charge in [-0.05, 0) is 48.9 Å². The summed E-state index contributed by atoms with van der Waals surface area (Å²) in [6.07, 6.45) is 5.77. The zero-order valence-electron chi connectivity index (χ0n) is 22.9. The Morgan fingerprint density at radius 2 is 1.95 bits per heavy atom. The number of nitriles is 2. The summed E-state index contributed by atoms with van der Waals surface area (Å²) in [5, 5.41) is 37.8. The minimum Gasteiger partial charge on any atom is -0.383 e. The summed E-state index contributed by atoms with van der Waals surface area (Å²) in [7, 11) is 0. The largest absolute Gasteiger partial charge is 0.383 e. The van der Waals surface area contributed by atoms with Crippen LogP contribution in [0.25, 0.3) is 21.1 Å². The van der Waals surface area contributed by atoms with Gasteiger partial charge in [0, 0.05) is 23.8 Å². The van der Waals surface area contributed by atoms with E-state index in [9.17, 15) is 10.5 Å². The van der Waals surface area contributed by atoms with Crippen LogP contribution in [0.4, 0.5) is 11.4 Å². The Labute approximate surface area is 236 Å². The van der Waals surface area contributed by atoms with Crippen molar-refractivity contribution < 1.29 is 0 Å². The fraction of sp³-hybridized carbons (Fsp3) is 0.333. The zero-order chi connectivity index (χ0) is 28.0. The average Bonchev–Trinajstić information content (AvgIpc) is 3.53. The van der Waals surface area contributed by atoms with Gasteiger partial charge in [-0.1, -0.05) is 38.1 Å². The van der Waals surface area contributed by atoms with E-state index in [4.69, 9.17) is 4.98 Å². The van der Waals surface area contributed by atoms with E-state index in [1.807, 2.05) is 42.1 Å². The molecule has 10 heteroatoms. The Bertz CT molecular complexity index is 1830. The first-order chi connectivity index (χ1) is 19.2. The summed E-state index contributed by atoms with van der Waals surface area (Å²) in [5.74, 6) is 0. The molecule has 40 heavy (non-hydrogen) atoms. The molecule has 200 valence electrons. The summed E-state index contributed by atoms with van der Waals surface area (Å²) in [5.41, 5.74) is 5.58. The molecule has 0 amide bonds. The standard InChI is InChI=1S/C30H29N9S/c1-17-35-24-7-5-6-22(29(24)40-17)28(25-15-39(38-37-25)21-8-9-21)36-20-10-18(12-31)26-23(11-20)27(19(13-32)14-33-26)34-16-30(2,3)4/h5-7,10-11,14-15,21,28,36H,8-9,16H2,1-4H3,(H,33,34). The third kappa shape index (κ3) is 4.94. The molecule has 1 aliphatic rings. The van der Waals surface area contributed by atoms with Crippen molar-refractivity contribution >= 4 is 43.8 Å². The molecule has 0 saturated heterocycles. The molecular weight excluding hydrogens is 518 g/mol. The van der Waals surface area contributed by atoms with E-state index in [1.165, 1.54) is 6.20 Å². The third-order valence-electron chi connectivity index (χ3n) is 6.93. The number of rotatable bonds is 7. The number of hydrogen-bond donors (Lipinski definition) is 2. The Kier molecular flexibility index (Phi) is 6.36. The van der Waals surface area contributed by atoms with Crippen molar-refractivity contribution in [2.24, 2.45) is 5.41 Å². The van der Waals surface area contributed by atoms with Crippen molar-refractivity contribution in [3.8, 4) is 12.1 Å². The van der Waals surface area contributed by atoms with Crippen LogP contribution < -0.4 is 10.6 Å². The van der Waals surface area contributed by atoms with Gasteiger partial charge >= 0.3 is 0 Å². The van der Waals surface area contributed by atoms with Gasteiger partial charge in [0.05, 0.1) is 55.8 Å². The van der Waals surface area contributed by atoms with Gasteiger partial charge in [0.25, 0.3) is 0 Å². The van der Waals surface area contributed by atoms with Crippen molar-refractivity contribution in [2.45, 2.75) is 52.6 Å². The van der Waals surface area contributed by atoms with Gasteiger partial charge in [-0.3, -0.25) is 4.98 Å². The molecular formula is C30H29N9S. The zero-order valence-corrected chi connectivity index (χ0v) is 23.7. The summed E-state index contributed by atoms with van der Waals surface area (Å²) in [4.78, 5) is 9.19. The summed E-state index contributed by atoms with van der Waals surface area (Å²) >= 11 is 1.65. The molecule has 2 aromatic carbocycles. The molecule has 3 aromatic heterocycles. The first kappa shape index (κ1) is 25.7. The predicted molar refractivity (Wildman–Crippen MR) is 157 cm³/mol. The molecule has 1 fully saturated rings. The second kappa shape index (κ2) is 9.89. The van der Waals surface area contributed by atoms with Crippen molar-refractivity contribution in [1.29, 1.82) is 10.5 Å². The van der Waals surface area contributed by atoms with Crippen LogP contribution in [0.15, 0.2) is 42.7 Å². The van der Waals surface area contributed by atoms with E-state index in [2.05, 4.69) is 64.9 Å². The number of fused-ring (bicyclic) bond motifs is 2. The van der Waals surface area contributed by atoms with E-state index in [-0.39, 0.29) is 11.5 Å². The van der Waals surface area contributed by atoms with Gasteiger partial charge in [-0.15, -0.1) is 16.4 Å². The molecule has 9 nitrogen and oxygen atoms in total. The number of aromatic nitrogens is 5. The van der Waals surface area contributed by atoms with Gasteiger partial charge in [0.2, 0.25) is 0 Å². The van der Waals surface area contributed by atoms with Crippen molar-refractivity contribution in [3.63, 3.8) is 0 Å². The minimum atomic E-state index is -0.335. The quantitative estimate of drug-likeness (QED) is 0.237. The van der Waals surface area contributed by atoms with Crippen LogP contribution in [-0.4, -0.2) is 31.5 Å². The number of nitrogens with one attached hydrogen (secondary N) is 2. The number of pyridine rings is 1. The first-order valence-electron chi connectivity index (χ1n) is 13.3. The molecule has 0 bridgehead atoms. The van der Waals surface area contributed by atoms with Crippen LogP contribution in [0.3, 0.4) is 0 Å². The second-order valence-electron chi connectivity index (χ2n) is 11.5. The lowest BCUT2D eigenvalue weighted by atomic mass is 9.96. The number of benzene rings is 2. The molecule has 1 unspecified atom stereocenters. The van der Waals surface area contributed by atoms with E-state index in [0.717, 1.165) is 50.4 Å². The third-order valence-corrected chi connectivity index (χ3v) is 7.96. The highest BCUT2D eigenvalue weighted by molar-refractivity contribution is 7.18. The Balaban J connectivity index is 1.50. The molecule has 5 aromatic rings. The number of thiazole rings is 1. The van der Waals surface area contributed by atoms with Gasteiger partial charge in [0.1, 0.15) is 17.8 Å². The molecule has 1 aliphatic carbocycles. The maximum absolute atomic E-state index is 10.1. The molecule has 2 N–H and O–H groups in total. The second-order valence-corrected chi connectivity index (χ2v) is 12.7. The lowest BCUT2D eigenvalue weighted by Crippen LogP contribution is -2.20. The van der Waals surface area contributed by atoms with Crippen LogP contribution in [0, 0.1) is 35.0 Å². The van der Waals surface area contributed by atoms with Crippen LogP contribution in [-0.2, 0) is 0 Å². The van der Waals surface area contributed by atoms with Crippen LogP contribution in [0.2, 0.25) is 0 Å². The number of hydrogen-bond acceptors (Lipinski definition) is 9. The van der Waals surface area contributed by atoms with Gasteiger partial charge in [0.15, 0.2) is 0 Å². The van der Waals surface area contributed by atoms with Gasteiger partial charge < -0.3 is 10.6 Å². The lowest BCUT2D eigenvalue weighted by Gasteiger charge is -2.22. The topological polar surface area (TPSA) is 128 Å². The van der Waals surface area contributed by atoms with E-state index < -0.39 is 0 Å². The first-order valence-corrected chi connectivity index (χ1v) is 14.1. The van der Waals surface area contributed by atoms with Crippen molar-refractivity contribution in [1.82, 2.24) is 25.0 Å². The highest BCUT2D eigenvalue weighted by Gasteiger charge is 2.28. The summed E-state index contributed by atoms with van der Waals surface area (Å²) in [6, 6.07) is 14.5. The number of aryl methyl sites for hydroxylation is 1. The Morgan fingerprint density at radius 1 is 1.15 bits per heavy atom. The highest BCUT2D eigenvalue weighted by Crippen LogP contribution is 2.38. The van der Waals surface area contributed by atoms with Gasteiger partial charge in [-0.25, -0.2) is 9.67 Å². The molecule has 0 radical (unpaired) electrons. The van der Waals surface area contributed by atoms with E-state index in [1.54, 1.807) is 11.3 Å². The van der Waals surface area contributed by atoms with Crippen LogP contribution >= 0.6 is 11.3 Å². The minimum absolute atomic E-state index is 0.0136. The average molecular weight is 548 g/mol. The highest BCUT2D eigenvalue weighted by atomic mass is 32.1. The number of nitrogens with zero attached hydrogens (tertiary/aromatic N) is 7. The molecule has 6 rings (SSSR count). The maximum atomic E-state index is 10.1. The summed E-state index contributed by atoms with van der Waals surface area (Å²) in [6.45, 7) is 9.05. The molecule has 0 aliphatic heterocycles. The predicted octanol–water partition coefficient (Wildman–Crippen LogP) is 6.48. The normalized spacial score (nSPS) is 14.2. The monoisotopic (exact) mass is 547 g/mol. The molecule has 3 heterocycles. The fourth-order valence-corrected chi connectivity index (χ4v) is 5.79. The SMILES string of the molecule is Cc1nc2cccc(C(Nc3cc(C#N)c4ncc(C#N)c(NCC(C)(C)C)c4c3)c3cn(C4CC4)nn3)c2s1. The molecule has 1 saturated carbocycles. The van der Waals surface area contributed by atoms with E-state index in [0.29, 0.717) is 34.9 Å². The summed E-state index contributed by atoms with van der Waals surface area (Å²) < 4.78 is 3.03. The Hall–Kier alpha value is -4.54.